The number of nitrogens with one attached hydrogen (secondary N) is 1. The minimum absolute atomic E-state index is 1.24. The second-order valence-corrected chi connectivity index (χ2v) is 10.0. The van der Waals surface area contributed by atoms with Crippen molar-refractivity contribution < 1.29 is 4.48 Å². The Morgan fingerprint density at radius 2 is 0.828 bits per heavy atom. The van der Waals surface area contributed by atoms with Crippen LogP contribution in [0.25, 0.3) is 0 Å². The van der Waals surface area contributed by atoms with E-state index in [9.17, 15) is 0 Å². The van der Waals surface area contributed by atoms with Crippen LogP contribution in [0.1, 0.15) is 142 Å². The molecule has 0 aromatic carbocycles. The van der Waals surface area contributed by atoms with E-state index in [0.29, 0.717) is 0 Å². The fraction of sp³-hybridized carbons (Fsp3) is 1.00. The van der Waals surface area contributed by atoms with Crippen molar-refractivity contribution >= 4 is 0 Å². The fourth-order valence-electron chi connectivity index (χ4n) is 5.07. The van der Waals surface area contributed by atoms with E-state index in [1.165, 1.54) is 166 Å². The molecule has 1 heterocycles. The lowest BCUT2D eigenvalue weighted by Gasteiger charge is -2.33. The van der Waals surface area contributed by atoms with Crippen LogP contribution in [0.15, 0.2) is 0 Å². The highest BCUT2D eigenvalue weighted by atomic mass is 15.4. The van der Waals surface area contributed by atoms with Crippen LogP contribution in [-0.2, 0) is 0 Å². The Kier molecular flexibility index (Phi) is 18.5. The molecule has 0 unspecified atom stereocenters. The Hall–Kier alpha value is -0.0800. The molecule has 0 aromatic rings. The number of unbranched alkanes of at least 4 members (excludes halogenated alkanes) is 18. The third-order valence-corrected chi connectivity index (χ3v) is 7.18. The molecular weight excluding hydrogens is 352 g/mol. The molecular formula is C27H57N2+. The van der Waals surface area contributed by atoms with Gasteiger partial charge in [-0.2, -0.15) is 0 Å². The lowest BCUT2D eigenvalue weighted by atomic mass is 10.1. The Bertz CT molecular complexity index is 296. The third kappa shape index (κ3) is 15.4. The van der Waals surface area contributed by atoms with Gasteiger partial charge in [0.1, 0.15) is 6.67 Å². The van der Waals surface area contributed by atoms with Crippen LogP contribution in [0.2, 0.25) is 0 Å². The first-order chi connectivity index (χ1) is 14.3. The second-order valence-electron chi connectivity index (χ2n) is 10.0. The summed E-state index contributed by atoms with van der Waals surface area (Å²) in [5, 5.41) is 3.66. The summed E-state index contributed by atoms with van der Waals surface area (Å²) in [5.41, 5.74) is 0. The van der Waals surface area contributed by atoms with Gasteiger partial charge in [-0.05, 0) is 25.7 Å². The van der Waals surface area contributed by atoms with Crippen LogP contribution in [-0.4, -0.2) is 37.3 Å². The predicted molar refractivity (Wildman–Crippen MR) is 131 cm³/mol. The van der Waals surface area contributed by atoms with Crippen LogP contribution in [0.4, 0.5) is 0 Å². The maximum absolute atomic E-state index is 3.66. The Balaban J connectivity index is 1.95. The zero-order chi connectivity index (χ0) is 20.9. The molecule has 1 aliphatic heterocycles. The number of hydrogen-bond donors (Lipinski definition) is 1. The number of hydrogen-bond acceptors (Lipinski definition) is 1. The highest BCUT2D eigenvalue weighted by molar-refractivity contribution is 4.57. The van der Waals surface area contributed by atoms with Crippen molar-refractivity contribution in [3.05, 3.63) is 0 Å². The zero-order valence-electron chi connectivity index (χ0n) is 20.6. The van der Waals surface area contributed by atoms with Crippen LogP contribution >= 0.6 is 0 Å². The molecule has 1 rings (SSSR count). The molecule has 29 heavy (non-hydrogen) atoms. The summed E-state index contributed by atoms with van der Waals surface area (Å²) in [4.78, 5) is 0. The van der Waals surface area contributed by atoms with Gasteiger partial charge in [0.2, 0.25) is 0 Å². The Labute approximate surface area is 185 Å². The molecule has 0 spiro atoms. The van der Waals surface area contributed by atoms with Gasteiger partial charge in [-0.1, -0.05) is 117 Å². The van der Waals surface area contributed by atoms with E-state index in [2.05, 4.69) is 19.2 Å². The highest BCUT2D eigenvalue weighted by Crippen LogP contribution is 2.18. The molecule has 2 nitrogen and oxygen atoms in total. The molecule has 2 heteroatoms. The van der Waals surface area contributed by atoms with E-state index in [1.54, 1.807) is 0 Å². The molecule has 0 aliphatic carbocycles. The molecule has 0 atom stereocenters. The Morgan fingerprint density at radius 1 is 0.483 bits per heavy atom. The molecule has 0 saturated carbocycles. The van der Waals surface area contributed by atoms with Gasteiger partial charge < -0.3 is 4.48 Å². The lowest BCUT2D eigenvalue weighted by Crippen LogP contribution is -2.48. The number of rotatable bonds is 22. The summed E-state index contributed by atoms with van der Waals surface area (Å²) < 4.78 is 1.38. The second kappa shape index (κ2) is 19.9. The summed E-state index contributed by atoms with van der Waals surface area (Å²) in [7, 11) is 0. The third-order valence-electron chi connectivity index (χ3n) is 7.18. The average molecular weight is 410 g/mol. The summed E-state index contributed by atoms with van der Waals surface area (Å²) in [6.07, 6.45) is 29.1. The summed E-state index contributed by atoms with van der Waals surface area (Å²) in [5.74, 6) is 0. The van der Waals surface area contributed by atoms with Crippen molar-refractivity contribution in [3.8, 4) is 0 Å². The van der Waals surface area contributed by atoms with Crippen molar-refractivity contribution in [3.63, 3.8) is 0 Å². The topological polar surface area (TPSA) is 12.0 Å². The van der Waals surface area contributed by atoms with Crippen LogP contribution in [0.3, 0.4) is 0 Å². The molecule has 1 aliphatic rings. The molecule has 1 fully saturated rings. The van der Waals surface area contributed by atoms with E-state index in [4.69, 9.17) is 0 Å². The van der Waals surface area contributed by atoms with Gasteiger partial charge in [0, 0.05) is 6.54 Å². The summed E-state index contributed by atoms with van der Waals surface area (Å²) >= 11 is 0. The van der Waals surface area contributed by atoms with E-state index < -0.39 is 0 Å². The van der Waals surface area contributed by atoms with Crippen LogP contribution < -0.4 is 5.32 Å². The maximum atomic E-state index is 3.66. The van der Waals surface area contributed by atoms with Crippen LogP contribution in [0, 0.1) is 0 Å². The van der Waals surface area contributed by atoms with E-state index in [1.807, 2.05) is 0 Å². The molecule has 0 amide bonds. The average Bonchev–Trinajstić information content (AvgIpc) is 3.20. The van der Waals surface area contributed by atoms with Gasteiger partial charge >= 0.3 is 0 Å². The quantitative estimate of drug-likeness (QED) is 0.140. The SMILES string of the molecule is CCCCCCCCCCCC[N+]1(CCCCCCCCCCCC)CCNC1. The largest absolute Gasteiger partial charge is 0.310 e. The van der Waals surface area contributed by atoms with Gasteiger partial charge in [-0.3, -0.25) is 5.32 Å². The lowest BCUT2D eigenvalue weighted by molar-refractivity contribution is -0.917. The first kappa shape index (κ1) is 27.0. The standard InChI is InChI=1S/C27H57N2/c1-3-5-7-9-11-13-15-17-19-21-24-29(26-23-28-27-29)25-22-20-18-16-14-12-10-8-6-4-2/h28H,3-27H2,1-2H3/q+1. The first-order valence-corrected chi connectivity index (χ1v) is 13.9. The van der Waals surface area contributed by atoms with E-state index in [-0.39, 0.29) is 0 Å². The van der Waals surface area contributed by atoms with Gasteiger partial charge in [-0.25, -0.2) is 0 Å². The molecule has 0 bridgehead atoms. The Morgan fingerprint density at radius 3 is 1.14 bits per heavy atom. The zero-order valence-corrected chi connectivity index (χ0v) is 20.6. The first-order valence-electron chi connectivity index (χ1n) is 13.9. The summed E-state index contributed by atoms with van der Waals surface area (Å²) in [6, 6.07) is 0. The normalized spacial score (nSPS) is 15.9. The van der Waals surface area contributed by atoms with Gasteiger partial charge in [0.05, 0.1) is 19.6 Å². The fourth-order valence-corrected chi connectivity index (χ4v) is 5.07. The van der Waals surface area contributed by atoms with Crippen molar-refractivity contribution in [2.75, 3.05) is 32.8 Å². The minimum atomic E-state index is 1.24. The van der Waals surface area contributed by atoms with Gasteiger partial charge in [0.15, 0.2) is 0 Å². The molecule has 0 radical (unpaired) electrons. The smallest absolute Gasteiger partial charge is 0.132 e. The van der Waals surface area contributed by atoms with Crippen molar-refractivity contribution in [2.24, 2.45) is 0 Å². The monoisotopic (exact) mass is 409 g/mol. The highest BCUT2D eigenvalue weighted by Gasteiger charge is 2.30. The van der Waals surface area contributed by atoms with Gasteiger partial charge in [-0.15, -0.1) is 0 Å². The van der Waals surface area contributed by atoms with E-state index in [0.717, 1.165) is 0 Å². The van der Waals surface area contributed by atoms with Crippen molar-refractivity contribution in [1.82, 2.24) is 5.32 Å². The molecule has 0 aromatic heterocycles. The molecule has 1 N–H and O–H groups in total. The summed E-state index contributed by atoms with van der Waals surface area (Å²) in [6.45, 7) is 11.4. The van der Waals surface area contributed by atoms with Crippen LogP contribution in [0.5, 0.6) is 0 Å². The number of nitrogens with zero attached hydrogens (tertiary/aromatic N) is 1. The molecule has 174 valence electrons. The van der Waals surface area contributed by atoms with Crippen molar-refractivity contribution in [2.45, 2.75) is 142 Å². The van der Waals surface area contributed by atoms with Gasteiger partial charge in [0.25, 0.3) is 0 Å². The molecule has 1 saturated heterocycles. The minimum Gasteiger partial charge on any atom is -0.310 e. The van der Waals surface area contributed by atoms with E-state index >= 15 is 0 Å². The number of quaternary nitrogens is 1. The van der Waals surface area contributed by atoms with Crippen molar-refractivity contribution in [1.29, 1.82) is 0 Å². The maximum Gasteiger partial charge on any atom is 0.132 e. The predicted octanol–water partition coefficient (Wildman–Crippen LogP) is 8.21.